The molecule has 0 unspecified atom stereocenters. The van der Waals surface area contributed by atoms with E-state index in [1.807, 2.05) is 0 Å². The van der Waals surface area contributed by atoms with E-state index in [1.165, 1.54) is 18.3 Å². The highest BCUT2D eigenvalue weighted by Gasteiger charge is 2.21. The zero-order chi connectivity index (χ0) is 21.3. The number of hydrogen-bond acceptors (Lipinski definition) is 7. The molecule has 4 aromatic rings. The number of halogens is 1. The predicted octanol–water partition coefficient (Wildman–Crippen LogP) is 2.44. The van der Waals surface area contributed by atoms with E-state index in [4.69, 9.17) is 22.1 Å². The van der Waals surface area contributed by atoms with E-state index in [0.29, 0.717) is 51.3 Å². The SMILES string of the molecule is CC(=O)NCCOc1ccc(-c2cncn2-c2nn(C(N)=O)c3ncsc23)c(Cl)c1. The van der Waals surface area contributed by atoms with Gasteiger partial charge in [-0.25, -0.2) is 14.8 Å². The fourth-order valence-corrected chi connectivity index (χ4v) is 3.91. The van der Waals surface area contributed by atoms with Crippen molar-refractivity contribution in [1.29, 1.82) is 0 Å². The number of nitrogens with zero attached hydrogens (tertiary/aromatic N) is 5. The second-order valence-electron chi connectivity index (χ2n) is 6.20. The molecule has 10 nitrogen and oxygen atoms in total. The quantitative estimate of drug-likeness (QED) is 0.438. The van der Waals surface area contributed by atoms with E-state index in [0.717, 1.165) is 4.68 Å². The number of hydrogen-bond donors (Lipinski definition) is 2. The van der Waals surface area contributed by atoms with Gasteiger partial charge in [-0.2, -0.15) is 4.68 Å². The van der Waals surface area contributed by atoms with Gasteiger partial charge in [0, 0.05) is 12.5 Å². The van der Waals surface area contributed by atoms with Crippen LogP contribution in [-0.4, -0.2) is 49.4 Å². The van der Waals surface area contributed by atoms with Gasteiger partial charge in [-0.05, 0) is 18.2 Å². The van der Waals surface area contributed by atoms with Gasteiger partial charge in [-0.15, -0.1) is 16.4 Å². The number of imidazole rings is 1. The molecule has 12 heteroatoms. The van der Waals surface area contributed by atoms with Crippen LogP contribution in [0.1, 0.15) is 6.92 Å². The Bertz CT molecular complexity index is 1250. The average molecular weight is 446 g/mol. The van der Waals surface area contributed by atoms with Crippen LogP contribution in [0.2, 0.25) is 5.02 Å². The molecule has 2 amide bonds. The van der Waals surface area contributed by atoms with Crippen LogP contribution in [0.5, 0.6) is 5.75 Å². The summed E-state index contributed by atoms with van der Waals surface area (Å²) in [4.78, 5) is 31.0. The van der Waals surface area contributed by atoms with Gasteiger partial charge < -0.3 is 15.8 Å². The summed E-state index contributed by atoms with van der Waals surface area (Å²) < 4.78 is 9.08. The first-order valence-corrected chi connectivity index (χ1v) is 10.0. The Kier molecular flexibility index (Phi) is 5.38. The summed E-state index contributed by atoms with van der Waals surface area (Å²) in [6.07, 6.45) is 3.23. The summed E-state index contributed by atoms with van der Waals surface area (Å²) in [5.74, 6) is 0.933. The first-order chi connectivity index (χ1) is 14.5. The molecule has 0 saturated carbocycles. The highest BCUT2D eigenvalue weighted by Crippen LogP contribution is 2.34. The van der Waals surface area contributed by atoms with E-state index < -0.39 is 6.03 Å². The highest BCUT2D eigenvalue weighted by molar-refractivity contribution is 7.17. The minimum atomic E-state index is -0.724. The Morgan fingerprint density at radius 3 is 2.93 bits per heavy atom. The van der Waals surface area contributed by atoms with E-state index in [9.17, 15) is 9.59 Å². The number of carbonyl (C=O) groups is 2. The van der Waals surface area contributed by atoms with Crippen molar-refractivity contribution in [2.75, 3.05) is 13.2 Å². The van der Waals surface area contributed by atoms with Crippen LogP contribution in [0.4, 0.5) is 4.79 Å². The molecule has 3 N–H and O–H groups in total. The number of primary amides is 1. The third kappa shape index (κ3) is 3.72. The van der Waals surface area contributed by atoms with Crippen LogP contribution >= 0.6 is 22.9 Å². The summed E-state index contributed by atoms with van der Waals surface area (Å²) in [6.45, 7) is 2.16. The van der Waals surface area contributed by atoms with E-state index in [1.54, 1.807) is 40.8 Å². The molecule has 0 saturated heterocycles. The second-order valence-corrected chi connectivity index (χ2v) is 7.46. The maximum absolute atomic E-state index is 11.7. The van der Waals surface area contributed by atoms with Crippen molar-refractivity contribution < 1.29 is 14.3 Å². The Balaban J connectivity index is 1.65. The van der Waals surface area contributed by atoms with Crippen LogP contribution in [0, 0.1) is 0 Å². The molecular formula is C18H16ClN7O3S. The molecule has 154 valence electrons. The van der Waals surface area contributed by atoms with Crippen molar-refractivity contribution in [3.8, 4) is 22.8 Å². The van der Waals surface area contributed by atoms with Crippen LogP contribution in [0.15, 0.2) is 36.2 Å². The molecule has 1 aromatic carbocycles. The van der Waals surface area contributed by atoms with Gasteiger partial charge in [-0.3, -0.25) is 9.36 Å². The van der Waals surface area contributed by atoms with Crippen LogP contribution < -0.4 is 15.8 Å². The first kappa shape index (κ1) is 19.9. The molecular weight excluding hydrogens is 430 g/mol. The number of ether oxygens (including phenoxy) is 1. The maximum atomic E-state index is 11.7. The molecule has 0 spiro atoms. The van der Waals surface area contributed by atoms with Gasteiger partial charge in [0.05, 0.1) is 29.0 Å². The lowest BCUT2D eigenvalue weighted by Crippen LogP contribution is -2.25. The monoisotopic (exact) mass is 445 g/mol. The van der Waals surface area contributed by atoms with Crippen molar-refractivity contribution in [2.24, 2.45) is 5.73 Å². The van der Waals surface area contributed by atoms with E-state index >= 15 is 0 Å². The van der Waals surface area contributed by atoms with Crippen LogP contribution in [-0.2, 0) is 4.79 Å². The maximum Gasteiger partial charge on any atom is 0.341 e. The van der Waals surface area contributed by atoms with Crippen molar-refractivity contribution in [1.82, 2.24) is 29.6 Å². The van der Waals surface area contributed by atoms with Crippen LogP contribution in [0.3, 0.4) is 0 Å². The topological polar surface area (TPSA) is 130 Å². The number of thiazole rings is 1. The summed E-state index contributed by atoms with van der Waals surface area (Å²) in [6, 6.07) is 4.54. The normalized spacial score (nSPS) is 11.0. The minimum Gasteiger partial charge on any atom is -0.492 e. The van der Waals surface area contributed by atoms with Crippen molar-refractivity contribution >= 4 is 45.2 Å². The van der Waals surface area contributed by atoms with E-state index in [2.05, 4.69) is 20.4 Å². The molecule has 0 bridgehead atoms. The molecule has 0 aliphatic heterocycles. The Hall–Kier alpha value is -3.44. The van der Waals surface area contributed by atoms with Crippen LogP contribution in [0.25, 0.3) is 27.4 Å². The Morgan fingerprint density at radius 1 is 1.37 bits per heavy atom. The number of benzene rings is 1. The number of fused-ring (bicyclic) bond motifs is 1. The lowest BCUT2D eigenvalue weighted by Gasteiger charge is -2.11. The number of nitrogens with two attached hydrogens (primary N) is 1. The lowest BCUT2D eigenvalue weighted by molar-refractivity contribution is -0.119. The molecule has 4 rings (SSSR count). The standard InChI is InChI=1S/C18H16ClN7O3S/c1-10(27)22-4-5-29-11-2-3-12(13(19)6-11)14-7-21-8-25(14)17-15-16(23-9-30-15)26(24-17)18(20)28/h2-3,6-9H,4-5H2,1H3,(H2,20,28)(H,22,27). The van der Waals surface area contributed by atoms with Gasteiger partial charge in [0.15, 0.2) is 11.5 Å². The predicted molar refractivity (Wildman–Crippen MR) is 112 cm³/mol. The number of amides is 2. The molecule has 0 radical (unpaired) electrons. The third-order valence-electron chi connectivity index (χ3n) is 4.18. The molecule has 3 heterocycles. The fourth-order valence-electron chi connectivity index (χ4n) is 2.90. The smallest absolute Gasteiger partial charge is 0.341 e. The fraction of sp³-hybridized carbons (Fsp3) is 0.167. The van der Waals surface area contributed by atoms with Gasteiger partial charge in [0.1, 0.15) is 23.4 Å². The summed E-state index contributed by atoms with van der Waals surface area (Å²) in [5, 5.41) is 7.40. The third-order valence-corrected chi connectivity index (χ3v) is 5.31. The summed E-state index contributed by atoms with van der Waals surface area (Å²) in [5.41, 5.74) is 8.79. The zero-order valence-electron chi connectivity index (χ0n) is 15.7. The largest absolute Gasteiger partial charge is 0.492 e. The molecule has 30 heavy (non-hydrogen) atoms. The molecule has 3 aromatic heterocycles. The number of aromatic nitrogens is 5. The summed E-state index contributed by atoms with van der Waals surface area (Å²) in [7, 11) is 0. The number of nitrogens with one attached hydrogen (secondary N) is 1. The molecule has 0 atom stereocenters. The Labute approximate surface area is 179 Å². The Morgan fingerprint density at radius 2 is 2.20 bits per heavy atom. The molecule has 0 fully saturated rings. The van der Waals surface area contributed by atoms with Gasteiger partial charge in [-0.1, -0.05) is 11.6 Å². The number of carbonyl (C=O) groups excluding carboxylic acids is 2. The first-order valence-electron chi connectivity index (χ1n) is 8.77. The summed E-state index contributed by atoms with van der Waals surface area (Å²) >= 11 is 7.84. The van der Waals surface area contributed by atoms with Crippen molar-refractivity contribution in [2.45, 2.75) is 6.92 Å². The second kappa shape index (κ2) is 8.13. The minimum absolute atomic E-state index is 0.117. The van der Waals surface area contributed by atoms with Crippen molar-refractivity contribution in [3.05, 3.63) is 41.3 Å². The zero-order valence-corrected chi connectivity index (χ0v) is 17.3. The lowest BCUT2D eigenvalue weighted by atomic mass is 10.1. The molecule has 0 aliphatic carbocycles. The van der Waals surface area contributed by atoms with Crippen molar-refractivity contribution in [3.63, 3.8) is 0 Å². The average Bonchev–Trinajstić information content (AvgIpc) is 3.41. The van der Waals surface area contributed by atoms with E-state index in [-0.39, 0.29) is 5.91 Å². The highest BCUT2D eigenvalue weighted by atomic mass is 35.5. The molecule has 0 aliphatic rings. The van der Waals surface area contributed by atoms with Gasteiger partial charge in [0.25, 0.3) is 0 Å². The van der Waals surface area contributed by atoms with Gasteiger partial charge >= 0.3 is 6.03 Å². The number of rotatable bonds is 6. The van der Waals surface area contributed by atoms with Gasteiger partial charge in [0.2, 0.25) is 5.91 Å².